The van der Waals surface area contributed by atoms with Gasteiger partial charge in [-0.1, -0.05) is 58.8 Å². The lowest BCUT2D eigenvalue weighted by molar-refractivity contribution is 0.347. The minimum atomic E-state index is -3.85. The molecule has 0 rings (SSSR count). The highest BCUT2D eigenvalue weighted by Crippen LogP contribution is 2.45. The predicted molar refractivity (Wildman–Crippen MR) is 68.7 cm³/mol. The summed E-state index contributed by atoms with van der Waals surface area (Å²) in [4.78, 5) is 18.3. The second-order valence-electron chi connectivity index (χ2n) is 4.59. The Bertz CT molecular complexity index is 200. The van der Waals surface area contributed by atoms with Crippen LogP contribution in [0.1, 0.15) is 71.6 Å². The summed E-state index contributed by atoms with van der Waals surface area (Å²) in [6.45, 7) is 4.16. The zero-order chi connectivity index (χ0) is 12.4. The highest BCUT2D eigenvalue weighted by molar-refractivity contribution is 7.52. The molecule has 1 atom stereocenters. The highest BCUT2D eigenvalue weighted by Gasteiger charge is 2.26. The van der Waals surface area contributed by atoms with E-state index in [1.165, 1.54) is 25.7 Å². The van der Waals surface area contributed by atoms with Crippen LogP contribution in [0.2, 0.25) is 0 Å². The Morgan fingerprint density at radius 2 is 1.44 bits per heavy atom. The van der Waals surface area contributed by atoms with Crippen molar-refractivity contribution in [2.45, 2.75) is 77.3 Å². The van der Waals surface area contributed by atoms with Gasteiger partial charge in [0, 0.05) is 0 Å². The van der Waals surface area contributed by atoms with Gasteiger partial charge in [-0.15, -0.1) is 0 Å². The van der Waals surface area contributed by atoms with E-state index in [1.54, 1.807) is 0 Å². The summed E-state index contributed by atoms with van der Waals surface area (Å²) in [7, 11) is -3.85. The molecule has 0 bridgehead atoms. The van der Waals surface area contributed by atoms with Crippen LogP contribution in [0, 0.1) is 0 Å². The SMILES string of the molecule is CCCCCCCCC(CCC)P(=O)(O)O. The lowest BCUT2D eigenvalue weighted by atomic mass is 10.1. The van der Waals surface area contributed by atoms with Crippen molar-refractivity contribution in [3.63, 3.8) is 0 Å². The van der Waals surface area contributed by atoms with Gasteiger partial charge in [0.15, 0.2) is 0 Å². The lowest BCUT2D eigenvalue weighted by Crippen LogP contribution is -2.08. The van der Waals surface area contributed by atoms with Crippen molar-refractivity contribution >= 4 is 7.60 Å². The van der Waals surface area contributed by atoms with Gasteiger partial charge in [0.1, 0.15) is 0 Å². The molecule has 2 N–H and O–H groups in total. The molecule has 0 saturated heterocycles. The topological polar surface area (TPSA) is 57.5 Å². The molecule has 0 fully saturated rings. The van der Waals surface area contributed by atoms with E-state index in [0.29, 0.717) is 12.8 Å². The zero-order valence-corrected chi connectivity index (χ0v) is 11.6. The van der Waals surface area contributed by atoms with Gasteiger partial charge < -0.3 is 9.79 Å². The Morgan fingerprint density at radius 1 is 0.875 bits per heavy atom. The van der Waals surface area contributed by atoms with Crippen LogP contribution in [0.4, 0.5) is 0 Å². The minimum absolute atomic E-state index is 0.399. The minimum Gasteiger partial charge on any atom is -0.324 e. The first-order valence-corrected chi connectivity index (χ1v) is 8.25. The molecule has 0 amide bonds. The molecule has 0 aromatic heterocycles. The van der Waals surface area contributed by atoms with Gasteiger partial charge in [-0.2, -0.15) is 0 Å². The molecule has 0 aromatic rings. The molecule has 3 nitrogen and oxygen atoms in total. The molecule has 0 aromatic carbocycles. The Kier molecular flexibility index (Phi) is 9.29. The Labute approximate surface area is 99.8 Å². The lowest BCUT2D eigenvalue weighted by Gasteiger charge is -2.17. The number of hydrogen-bond donors (Lipinski definition) is 2. The number of hydrogen-bond acceptors (Lipinski definition) is 1. The summed E-state index contributed by atoms with van der Waals surface area (Å²) in [5.41, 5.74) is -0.399. The largest absolute Gasteiger partial charge is 0.328 e. The van der Waals surface area contributed by atoms with E-state index in [9.17, 15) is 4.57 Å². The summed E-state index contributed by atoms with van der Waals surface area (Å²) >= 11 is 0. The second-order valence-corrected chi connectivity index (χ2v) is 6.50. The average Bonchev–Trinajstić information content (AvgIpc) is 2.20. The molecule has 0 aliphatic rings. The summed E-state index contributed by atoms with van der Waals surface area (Å²) < 4.78 is 11.2. The smallest absolute Gasteiger partial charge is 0.324 e. The fourth-order valence-electron chi connectivity index (χ4n) is 1.97. The third-order valence-corrected chi connectivity index (χ3v) is 4.46. The van der Waals surface area contributed by atoms with Gasteiger partial charge in [0.25, 0.3) is 0 Å². The molecule has 0 heterocycles. The summed E-state index contributed by atoms with van der Waals surface area (Å²) in [6.07, 6.45) is 9.23. The van der Waals surface area contributed by atoms with Gasteiger partial charge in [0.2, 0.25) is 0 Å². The van der Waals surface area contributed by atoms with Crippen LogP contribution in [0.5, 0.6) is 0 Å². The van der Waals surface area contributed by atoms with Gasteiger partial charge in [-0.05, 0) is 12.8 Å². The molecule has 98 valence electrons. The second kappa shape index (κ2) is 9.21. The van der Waals surface area contributed by atoms with E-state index in [1.807, 2.05) is 6.92 Å². The van der Waals surface area contributed by atoms with E-state index < -0.39 is 13.3 Å². The quantitative estimate of drug-likeness (QED) is 0.453. The maximum Gasteiger partial charge on any atom is 0.328 e. The van der Waals surface area contributed by atoms with Crippen LogP contribution < -0.4 is 0 Å². The molecular weight excluding hydrogens is 223 g/mol. The number of rotatable bonds is 10. The van der Waals surface area contributed by atoms with E-state index in [4.69, 9.17) is 9.79 Å². The van der Waals surface area contributed by atoms with Crippen LogP contribution in [0.15, 0.2) is 0 Å². The summed E-state index contributed by atoms with van der Waals surface area (Å²) in [5, 5.41) is 0. The summed E-state index contributed by atoms with van der Waals surface area (Å²) in [5.74, 6) is 0. The van der Waals surface area contributed by atoms with Crippen LogP contribution in [-0.2, 0) is 4.57 Å². The fourth-order valence-corrected chi connectivity index (χ4v) is 3.09. The van der Waals surface area contributed by atoms with Crippen LogP contribution in [-0.4, -0.2) is 15.4 Å². The normalized spacial score (nSPS) is 14.0. The molecule has 1 unspecified atom stereocenters. The van der Waals surface area contributed by atoms with Crippen molar-refractivity contribution < 1.29 is 14.4 Å². The first-order chi connectivity index (χ1) is 7.52. The predicted octanol–water partition coefficient (Wildman–Crippen LogP) is 4.08. The third-order valence-electron chi connectivity index (χ3n) is 2.99. The molecule has 4 heteroatoms. The molecule has 0 saturated carbocycles. The zero-order valence-electron chi connectivity index (χ0n) is 10.7. The van der Waals surface area contributed by atoms with Crippen LogP contribution in [0.25, 0.3) is 0 Å². The van der Waals surface area contributed by atoms with Crippen LogP contribution >= 0.6 is 7.60 Å². The monoisotopic (exact) mass is 250 g/mol. The van der Waals surface area contributed by atoms with Crippen molar-refractivity contribution in [2.75, 3.05) is 0 Å². The van der Waals surface area contributed by atoms with Gasteiger partial charge in [0.05, 0.1) is 5.66 Å². The molecule has 0 spiro atoms. The first kappa shape index (κ1) is 16.1. The van der Waals surface area contributed by atoms with Crippen LogP contribution in [0.3, 0.4) is 0 Å². The fraction of sp³-hybridized carbons (Fsp3) is 1.00. The molecule has 0 aliphatic heterocycles. The van der Waals surface area contributed by atoms with E-state index in [0.717, 1.165) is 19.3 Å². The molecule has 0 aliphatic carbocycles. The van der Waals surface area contributed by atoms with E-state index in [2.05, 4.69) is 6.92 Å². The maximum atomic E-state index is 11.2. The average molecular weight is 250 g/mol. The van der Waals surface area contributed by atoms with Gasteiger partial charge in [-0.3, -0.25) is 4.57 Å². The Hall–Kier alpha value is 0.150. The van der Waals surface area contributed by atoms with Crippen molar-refractivity contribution in [2.24, 2.45) is 0 Å². The highest BCUT2D eigenvalue weighted by atomic mass is 31.2. The Balaban J connectivity index is 3.65. The molecular formula is C12H27O3P. The number of unbranched alkanes of at least 4 members (excludes halogenated alkanes) is 5. The molecule has 0 radical (unpaired) electrons. The van der Waals surface area contributed by atoms with Crippen molar-refractivity contribution in [1.29, 1.82) is 0 Å². The van der Waals surface area contributed by atoms with Gasteiger partial charge >= 0.3 is 7.60 Å². The maximum absolute atomic E-state index is 11.2. The van der Waals surface area contributed by atoms with Crippen molar-refractivity contribution in [3.05, 3.63) is 0 Å². The third kappa shape index (κ3) is 8.32. The molecule has 16 heavy (non-hydrogen) atoms. The first-order valence-electron chi connectivity index (χ1n) is 6.57. The van der Waals surface area contributed by atoms with Crippen molar-refractivity contribution in [1.82, 2.24) is 0 Å². The van der Waals surface area contributed by atoms with Crippen molar-refractivity contribution in [3.8, 4) is 0 Å². The Morgan fingerprint density at radius 3 is 1.94 bits per heavy atom. The summed E-state index contributed by atoms with van der Waals surface area (Å²) in [6, 6.07) is 0. The van der Waals surface area contributed by atoms with E-state index >= 15 is 0 Å². The van der Waals surface area contributed by atoms with E-state index in [-0.39, 0.29) is 0 Å². The van der Waals surface area contributed by atoms with Gasteiger partial charge in [-0.25, -0.2) is 0 Å². The standard InChI is InChI=1S/C12H27O3P/c1-3-5-6-7-8-9-11-12(10-4-2)16(13,14)15/h12H,3-11H2,1-2H3,(H2,13,14,15).